The summed E-state index contributed by atoms with van der Waals surface area (Å²) in [5, 5.41) is 9.67. The molecule has 134 valence electrons. The molecule has 0 unspecified atom stereocenters. The molecular formula is C18H23N3O4. The molecule has 2 amide bonds. The Morgan fingerprint density at radius 2 is 1.92 bits per heavy atom. The van der Waals surface area contributed by atoms with Crippen LogP contribution < -0.4 is 21.3 Å². The van der Waals surface area contributed by atoms with E-state index < -0.39 is 6.03 Å². The molecule has 5 N–H and O–H groups in total. The van der Waals surface area contributed by atoms with Gasteiger partial charge in [-0.1, -0.05) is 12.1 Å². The molecule has 2 aromatic rings. The average Bonchev–Trinajstić information content (AvgIpc) is 2.63. The van der Waals surface area contributed by atoms with Crippen molar-refractivity contribution in [2.24, 2.45) is 5.84 Å². The van der Waals surface area contributed by atoms with Crippen LogP contribution in [0.2, 0.25) is 0 Å². The molecule has 7 nitrogen and oxygen atoms in total. The molecule has 2 rings (SSSR count). The molecule has 0 aliphatic heterocycles. The zero-order valence-corrected chi connectivity index (χ0v) is 14.5. The van der Waals surface area contributed by atoms with Gasteiger partial charge in [-0.05, 0) is 49.2 Å². The summed E-state index contributed by atoms with van der Waals surface area (Å²) in [5.41, 5.74) is 5.99. The van der Waals surface area contributed by atoms with Crippen LogP contribution in [-0.4, -0.2) is 24.5 Å². The van der Waals surface area contributed by atoms with Crippen LogP contribution in [0.3, 0.4) is 0 Å². The molecule has 0 saturated heterocycles. The van der Waals surface area contributed by atoms with Gasteiger partial charge in [0, 0.05) is 23.9 Å². The summed E-state index contributed by atoms with van der Waals surface area (Å²) < 4.78 is 5.84. The molecule has 2 aromatic carbocycles. The number of ether oxygens (including phenoxy) is 1. The summed E-state index contributed by atoms with van der Waals surface area (Å²) in [6.07, 6.45) is 0.797. The number of benzene rings is 2. The first kappa shape index (κ1) is 20.1. The van der Waals surface area contributed by atoms with Crippen molar-refractivity contribution in [2.45, 2.75) is 20.5 Å². The van der Waals surface area contributed by atoms with Crippen LogP contribution in [0.15, 0.2) is 36.4 Å². The highest BCUT2D eigenvalue weighted by molar-refractivity contribution is 5.89. The maximum atomic E-state index is 11.4. The van der Waals surface area contributed by atoms with E-state index in [4.69, 9.17) is 15.7 Å². The van der Waals surface area contributed by atoms with Crippen molar-refractivity contribution in [1.29, 1.82) is 0 Å². The second-order valence-corrected chi connectivity index (χ2v) is 5.13. The first-order chi connectivity index (χ1) is 12.0. The third kappa shape index (κ3) is 5.59. The second kappa shape index (κ2) is 10.1. The Balaban J connectivity index is 0.00000151. The Morgan fingerprint density at radius 3 is 2.52 bits per heavy atom. The van der Waals surface area contributed by atoms with Crippen LogP contribution in [0.1, 0.15) is 27.0 Å². The second-order valence-electron chi connectivity index (χ2n) is 5.13. The number of carbonyl (C=O) groups is 2. The molecular weight excluding hydrogens is 322 g/mol. The SMILES string of the molecule is CO.Cc1cc(C=O)ccc1OCc1c(C)cccc1NC(=O)NN. The summed E-state index contributed by atoms with van der Waals surface area (Å²) in [7, 11) is 1.00. The van der Waals surface area contributed by atoms with Crippen molar-refractivity contribution >= 4 is 18.0 Å². The van der Waals surface area contributed by atoms with E-state index in [1.165, 1.54) is 0 Å². The number of nitrogens with two attached hydrogens (primary N) is 1. The molecule has 0 atom stereocenters. The summed E-state index contributed by atoms with van der Waals surface area (Å²) in [5.74, 6) is 5.79. The predicted octanol–water partition coefficient (Wildman–Crippen LogP) is 2.30. The van der Waals surface area contributed by atoms with Crippen LogP contribution in [0.5, 0.6) is 5.75 Å². The van der Waals surface area contributed by atoms with E-state index in [2.05, 4.69) is 5.32 Å². The molecule has 7 heteroatoms. The van der Waals surface area contributed by atoms with Gasteiger partial charge in [-0.25, -0.2) is 10.6 Å². The van der Waals surface area contributed by atoms with Crippen molar-refractivity contribution in [3.05, 3.63) is 58.7 Å². The summed E-state index contributed by atoms with van der Waals surface area (Å²) >= 11 is 0. The van der Waals surface area contributed by atoms with Crippen molar-refractivity contribution in [1.82, 2.24) is 5.43 Å². The Labute approximate surface area is 146 Å². The lowest BCUT2D eigenvalue weighted by Crippen LogP contribution is -2.34. The summed E-state index contributed by atoms with van der Waals surface area (Å²) in [4.78, 5) is 22.2. The van der Waals surface area contributed by atoms with Gasteiger partial charge in [-0.15, -0.1) is 0 Å². The van der Waals surface area contributed by atoms with Gasteiger partial charge in [0.2, 0.25) is 0 Å². The van der Waals surface area contributed by atoms with E-state index >= 15 is 0 Å². The number of amides is 2. The zero-order valence-electron chi connectivity index (χ0n) is 14.5. The summed E-state index contributed by atoms with van der Waals surface area (Å²) in [6.45, 7) is 4.10. The lowest BCUT2D eigenvalue weighted by atomic mass is 10.1. The number of anilines is 1. The van der Waals surface area contributed by atoms with Gasteiger partial charge in [0.25, 0.3) is 0 Å². The van der Waals surface area contributed by atoms with E-state index in [9.17, 15) is 9.59 Å². The molecule has 25 heavy (non-hydrogen) atoms. The number of rotatable bonds is 5. The predicted molar refractivity (Wildman–Crippen MR) is 96.6 cm³/mol. The van der Waals surface area contributed by atoms with Gasteiger partial charge in [-0.3, -0.25) is 10.2 Å². The van der Waals surface area contributed by atoms with E-state index in [-0.39, 0.29) is 6.61 Å². The van der Waals surface area contributed by atoms with Gasteiger partial charge in [-0.2, -0.15) is 0 Å². The van der Waals surface area contributed by atoms with E-state index in [1.807, 2.05) is 31.4 Å². The molecule has 0 heterocycles. The van der Waals surface area contributed by atoms with Gasteiger partial charge in [0.05, 0.1) is 0 Å². The number of aryl methyl sites for hydroxylation is 2. The molecule has 0 radical (unpaired) electrons. The highest BCUT2D eigenvalue weighted by Crippen LogP contribution is 2.24. The maximum Gasteiger partial charge on any atom is 0.333 e. The monoisotopic (exact) mass is 345 g/mol. The Bertz CT molecular complexity index is 732. The van der Waals surface area contributed by atoms with Gasteiger partial charge < -0.3 is 15.2 Å². The number of aliphatic hydroxyl groups excluding tert-OH is 1. The van der Waals surface area contributed by atoms with E-state index in [1.54, 1.807) is 24.3 Å². The lowest BCUT2D eigenvalue weighted by Gasteiger charge is -2.15. The third-order valence-electron chi connectivity index (χ3n) is 3.50. The van der Waals surface area contributed by atoms with Crippen LogP contribution in [0.25, 0.3) is 0 Å². The molecule has 0 spiro atoms. The van der Waals surface area contributed by atoms with Gasteiger partial charge >= 0.3 is 6.03 Å². The van der Waals surface area contributed by atoms with Crippen LogP contribution in [-0.2, 0) is 6.61 Å². The number of nitrogens with one attached hydrogen (secondary N) is 2. The largest absolute Gasteiger partial charge is 0.489 e. The highest BCUT2D eigenvalue weighted by Gasteiger charge is 2.10. The molecule has 0 aliphatic carbocycles. The topological polar surface area (TPSA) is 114 Å². The fourth-order valence-electron chi connectivity index (χ4n) is 2.23. The molecule has 0 saturated carbocycles. The minimum absolute atomic E-state index is 0.286. The number of hydrazine groups is 1. The zero-order chi connectivity index (χ0) is 18.8. The number of aliphatic hydroxyl groups is 1. The number of hydrogen-bond acceptors (Lipinski definition) is 5. The van der Waals surface area contributed by atoms with Gasteiger partial charge in [0.1, 0.15) is 18.6 Å². The fraction of sp³-hybridized carbons (Fsp3) is 0.222. The molecule has 0 aromatic heterocycles. The Hall–Kier alpha value is -2.90. The Kier molecular flexibility index (Phi) is 8.11. The lowest BCUT2D eigenvalue weighted by molar-refractivity contribution is 0.112. The molecule has 0 fully saturated rings. The quantitative estimate of drug-likeness (QED) is 0.287. The first-order valence-electron chi connectivity index (χ1n) is 7.54. The molecule has 0 aliphatic rings. The smallest absolute Gasteiger partial charge is 0.333 e. The Morgan fingerprint density at radius 1 is 1.20 bits per heavy atom. The van der Waals surface area contributed by atoms with E-state index in [0.717, 1.165) is 30.1 Å². The standard InChI is InChI=1S/C17H19N3O3.CH4O/c1-11-4-3-5-15(19-17(22)20-18)14(11)10-23-16-7-6-13(9-21)8-12(16)2;1-2/h3-9H,10,18H2,1-2H3,(H2,19,20,22);2H,1H3. The normalized spacial score (nSPS) is 9.48. The van der Waals surface area contributed by atoms with Crippen LogP contribution >= 0.6 is 0 Å². The van der Waals surface area contributed by atoms with E-state index in [0.29, 0.717) is 17.0 Å². The molecule has 0 bridgehead atoms. The number of carbonyl (C=O) groups excluding carboxylic acids is 2. The van der Waals surface area contributed by atoms with Crippen LogP contribution in [0.4, 0.5) is 10.5 Å². The number of aldehydes is 1. The van der Waals surface area contributed by atoms with Crippen molar-refractivity contribution < 1.29 is 19.4 Å². The number of hydrogen-bond donors (Lipinski definition) is 4. The van der Waals surface area contributed by atoms with Crippen molar-refractivity contribution in [3.8, 4) is 5.75 Å². The van der Waals surface area contributed by atoms with Crippen molar-refractivity contribution in [2.75, 3.05) is 12.4 Å². The van der Waals surface area contributed by atoms with Crippen molar-refractivity contribution in [3.63, 3.8) is 0 Å². The average molecular weight is 345 g/mol. The fourth-order valence-corrected chi connectivity index (χ4v) is 2.23. The third-order valence-corrected chi connectivity index (χ3v) is 3.50. The number of urea groups is 1. The van der Waals surface area contributed by atoms with Crippen LogP contribution in [0, 0.1) is 13.8 Å². The maximum absolute atomic E-state index is 11.4. The van der Waals surface area contributed by atoms with Gasteiger partial charge in [0.15, 0.2) is 0 Å². The summed E-state index contributed by atoms with van der Waals surface area (Å²) in [6, 6.07) is 10.3. The minimum atomic E-state index is -0.497. The minimum Gasteiger partial charge on any atom is -0.489 e. The first-order valence-corrected chi connectivity index (χ1v) is 7.54. The highest BCUT2D eigenvalue weighted by atomic mass is 16.5.